The maximum Gasteiger partial charge on any atom is 0.225 e. The van der Waals surface area contributed by atoms with Crippen LogP contribution in [0.1, 0.15) is 23.5 Å². The Morgan fingerprint density at radius 3 is 2.40 bits per heavy atom. The first-order valence-electron chi connectivity index (χ1n) is 7.97. The van der Waals surface area contributed by atoms with Crippen LogP contribution < -0.4 is 19.7 Å². The van der Waals surface area contributed by atoms with Crippen molar-refractivity contribution in [3.05, 3.63) is 47.3 Å². The smallest absolute Gasteiger partial charge is 0.225 e. The lowest BCUT2D eigenvalue weighted by Crippen LogP contribution is -2.24. The van der Waals surface area contributed by atoms with Gasteiger partial charge in [-0.2, -0.15) is 0 Å². The molecule has 25 heavy (non-hydrogen) atoms. The average molecular weight is 344 g/mol. The fraction of sp³-hybridized carbons (Fsp3) is 0.316. The lowest BCUT2D eigenvalue weighted by molar-refractivity contribution is -0.116. The van der Waals surface area contributed by atoms with Gasteiger partial charge in [0.25, 0.3) is 0 Å². The fourth-order valence-electron chi connectivity index (χ4n) is 3.15. The van der Waals surface area contributed by atoms with Gasteiger partial charge in [-0.25, -0.2) is 4.39 Å². The molecule has 0 bridgehead atoms. The number of rotatable bonds is 4. The van der Waals surface area contributed by atoms with Crippen LogP contribution in [0.2, 0.25) is 0 Å². The number of methoxy groups -OCH3 is 2. The molecule has 5 nitrogen and oxygen atoms in total. The van der Waals surface area contributed by atoms with Crippen LogP contribution in [0, 0.1) is 5.82 Å². The minimum absolute atomic E-state index is 0.136. The normalized spacial score (nSPS) is 16.0. The zero-order valence-electron chi connectivity index (χ0n) is 14.7. The second-order valence-corrected chi connectivity index (χ2v) is 6.20. The molecule has 132 valence electrons. The van der Waals surface area contributed by atoms with E-state index in [4.69, 9.17) is 9.47 Å². The summed E-state index contributed by atoms with van der Waals surface area (Å²) in [5.41, 5.74) is 2.98. The van der Waals surface area contributed by atoms with E-state index in [2.05, 4.69) is 5.32 Å². The highest BCUT2D eigenvalue weighted by Gasteiger charge is 2.30. The summed E-state index contributed by atoms with van der Waals surface area (Å²) in [6.07, 6.45) is 0.181. The third-order valence-electron chi connectivity index (χ3n) is 4.47. The zero-order valence-corrected chi connectivity index (χ0v) is 14.7. The second-order valence-electron chi connectivity index (χ2n) is 6.20. The number of fused-ring (bicyclic) bond motifs is 1. The number of hydrogen-bond acceptors (Lipinski definition) is 4. The highest BCUT2D eigenvalue weighted by Crippen LogP contribution is 2.42. The van der Waals surface area contributed by atoms with E-state index in [-0.39, 0.29) is 18.2 Å². The van der Waals surface area contributed by atoms with Gasteiger partial charge in [-0.3, -0.25) is 4.79 Å². The molecule has 2 aromatic carbocycles. The van der Waals surface area contributed by atoms with Crippen LogP contribution in [-0.2, 0) is 4.79 Å². The van der Waals surface area contributed by atoms with E-state index in [0.717, 1.165) is 11.3 Å². The van der Waals surface area contributed by atoms with Crippen molar-refractivity contribution in [2.75, 3.05) is 38.5 Å². The summed E-state index contributed by atoms with van der Waals surface area (Å²) < 4.78 is 25.1. The number of carbonyl (C=O) groups excluding carboxylic acids is 1. The van der Waals surface area contributed by atoms with Crippen molar-refractivity contribution >= 4 is 17.3 Å². The number of anilines is 2. The van der Waals surface area contributed by atoms with E-state index in [1.54, 1.807) is 6.07 Å². The van der Waals surface area contributed by atoms with Crippen molar-refractivity contribution < 1.29 is 18.7 Å². The van der Waals surface area contributed by atoms with Gasteiger partial charge in [-0.15, -0.1) is 0 Å². The van der Waals surface area contributed by atoms with Crippen LogP contribution in [0.3, 0.4) is 0 Å². The molecule has 1 heterocycles. The highest BCUT2D eigenvalue weighted by atomic mass is 19.1. The van der Waals surface area contributed by atoms with E-state index in [9.17, 15) is 9.18 Å². The number of halogens is 1. The Morgan fingerprint density at radius 2 is 1.76 bits per heavy atom. The number of amides is 1. The number of nitrogens with one attached hydrogen (secondary N) is 1. The Morgan fingerprint density at radius 1 is 1.08 bits per heavy atom. The first kappa shape index (κ1) is 17.1. The lowest BCUT2D eigenvalue weighted by Gasteiger charge is -2.28. The van der Waals surface area contributed by atoms with Crippen LogP contribution in [0.25, 0.3) is 0 Å². The Bertz CT molecular complexity index is 821. The summed E-state index contributed by atoms with van der Waals surface area (Å²) >= 11 is 0. The fourth-order valence-corrected chi connectivity index (χ4v) is 3.15. The molecule has 0 spiro atoms. The number of benzene rings is 2. The van der Waals surface area contributed by atoms with Crippen LogP contribution in [0.4, 0.5) is 15.8 Å². The summed E-state index contributed by atoms with van der Waals surface area (Å²) in [4.78, 5) is 14.1. The summed E-state index contributed by atoms with van der Waals surface area (Å²) in [5, 5.41) is 2.88. The van der Waals surface area contributed by atoms with Gasteiger partial charge in [-0.1, -0.05) is 6.07 Å². The Balaban J connectivity index is 2.12. The molecule has 1 amide bonds. The molecule has 0 saturated carbocycles. The molecule has 2 aromatic rings. The van der Waals surface area contributed by atoms with Gasteiger partial charge >= 0.3 is 0 Å². The van der Waals surface area contributed by atoms with Crippen LogP contribution in [0.15, 0.2) is 30.3 Å². The summed E-state index contributed by atoms with van der Waals surface area (Å²) in [6, 6.07) is 8.71. The zero-order chi connectivity index (χ0) is 18.1. The van der Waals surface area contributed by atoms with Gasteiger partial charge in [0.15, 0.2) is 11.5 Å². The standard InChI is InChI=1S/C19H21FN2O3/c1-22(2)11-5-6-12-13(9-19(23)21-16(12)7-11)14-8-17(24-3)18(25-4)10-15(14)20/h5-8,10,13H,9H2,1-4H3,(H,21,23). The molecular weight excluding hydrogens is 323 g/mol. The third-order valence-corrected chi connectivity index (χ3v) is 4.47. The molecule has 1 atom stereocenters. The molecule has 3 rings (SSSR count). The Hall–Kier alpha value is -2.76. The molecule has 0 aromatic heterocycles. The minimum atomic E-state index is -0.417. The van der Waals surface area contributed by atoms with Crippen molar-refractivity contribution in [2.45, 2.75) is 12.3 Å². The molecule has 1 aliphatic rings. The molecule has 1 N–H and O–H groups in total. The number of carbonyl (C=O) groups is 1. The Kier molecular flexibility index (Phi) is 4.53. The number of hydrogen-bond donors (Lipinski definition) is 1. The summed E-state index contributed by atoms with van der Waals surface area (Å²) in [5.74, 6) is -0.161. The van der Waals surface area contributed by atoms with Gasteiger partial charge in [-0.05, 0) is 29.3 Å². The molecule has 0 radical (unpaired) electrons. The average Bonchev–Trinajstić information content (AvgIpc) is 2.60. The van der Waals surface area contributed by atoms with E-state index in [1.165, 1.54) is 20.3 Å². The summed E-state index contributed by atoms with van der Waals surface area (Å²) in [7, 11) is 6.82. The van der Waals surface area contributed by atoms with Gasteiger partial charge in [0, 0.05) is 43.9 Å². The first-order chi connectivity index (χ1) is 11.9. The predicted molar refractivity (Wildman–Crippen MR) is 95.4 cm³/mol. The molecule has 0 aliphatic carbocycles. The maximum absolute atomic E-state index is 14.7. The molecular formula is C19H21FN2O3. The minimum Gasteiger partial charge on any atom is -0.493 e. The van der Waals surface area contributed by atoms with Crippen LogP contribution in [0.5, 0.6) is 11.5 Å². The number of nitrogens with zero attached hydrogens (tertiary/aromatic N) is 1. The van der Waals surface area contributed by atoms with Crippen molar-refractivity contribution in [2.24, 2.45) is 0 Å². The van der Waals surface area contributed by atoms with Crippen LogP contribution >= 0.6 is 0 Å². The summed E-state index contributed by atoms with van der Waals surface area (Å²) in [6.45, 7) is 0. The lowest BCUT2D eigenvalue weighted by atomic mass is 9.84. The van der Waals surface area contributed by atoms with Gasteiger partial charge in [0.05, 0.1) is 14.2 Å². The maximum atomic E-state index is 14.7. The Labute approximate surface area is 146 Å². The van der Waals surface area contributed by atoms with Crippen molar-refractivity contribution in [1.82, 2.24) is 0 Å². The third kappa shape index (κ3) is 3.12. The van der Waals surface area contributed by atoms with Gasteiger partial charge in [0.1, 0.15) is 5.82 Å². The molecule has 0 fully saturated rings. The SMILES string of the molecule is COc1cc(F)c(C2CC(=O)Nc3cc(N(C)C)ccc32)cc1OC. The van der Waals surface area contributed by atoms with Crippen molar-refractivity contribution in [3.63, 3.8) is 0 Å². The molecule has 1 unspecified atom stereocenters. The van der Waals surface area contributed by atoms with E-state index in [1.807, 2.05) is 37.2 Å². The highest BCUT2D eigenvalue weighted by molar-refractivity contribution is 5.96. The monoisotopic (exact) mass is 344 g/mol. The van der Waals surface area contributed by atoms with Crippen molar-refractivity contribution in [1.29, 1.82) is 0 Å². The topological polar surface area (TPSA) is 50.8 Å². The van der Waals surface area contributed by atoms with Gasteiger partial charge < -0.3 is 19.7 Å². The van der Waals surface area contributed by atoms with Crippen LogP contribution in [-0.4, -0.2) is 34.2 Å². The second kappa shape index (κ2) is 6.63. The van der Waals surface area contributed by atoms with E-state index >= 15 is 0 Å². The number of ether oxygens (including phenoxy) is 2. The van der Waals surface area contributed by atoms with Gasteiger partial charge in [0.2, 0.25) is 5.91 Å². The molecule has 6 heteroatoms. The predicted octanol–water partition coefficient (Wildman–Crippen LogP) is 3.38. The largest absolute Gasteiger partial charge is 0.493 e. The van der Waals surface area contributed by atoms with Crippen molar-refractivity contribution in [3.8, 4) is 11.5 Å². The van der Waals surface area contributed by atoms with E-state index < -0.39 is 5.82 Å². The quantitative estimate of drug-likeness (QED) is 0.924. The molecule has 1 aliphatic heterocycles. The first-order valence-corrected chi connectivity index (χ1v) is 7.97. The van der Waals surface area contributed by atoms with E-state index in [0.29, 0.717) is 22.7 Å². The molecule has 0 saturated heterocycles.